The highest BCUT2D eigenvalue weighted by molar-refractivity contribution is 5.29. The lowest BCUT2D eigenvalue weighted by molar-refractivity contribution is 0.170. The van der Waals surface area contributed by atoms with E-state index < -0.39 is 6.10 Å². The molecule has 0 saturated heterocycles. The maximum atomic E-state index is 10.2. The summed E-state index contributed by atoms with van der Waals surface area (Å²) in [6, 6.07) is 15.3. The lowest BCUT2D eigenvalue weighted by atomic mass is 10.0. The van der Waals surface area contributed by atoms with Gasteiger partial charge in [-0.05, 0) is 35.7 Å². The Morgan fingerprint density at radius 1 is 1.09 bits per heavy atom. The van der Waals surface area contributed by atoms with Crippen LogP contribution in [0.1, 0.15) is 35.8 Å². The molecule has 0 aliphatic carbocycles. The summed E-state index contributed by atoms with van der Waals surface area (Å²) in [4.78, 5) is 0. The average Bonchev–Trinajstić information content (AvgIpc) is 2.59. The highest BCUT2D eigenvalue weighted by Crippen LogP contribution is 2.19. The molecule has 4 nitrogen and oxygen atoms in total. The molecule has 2 aromatic carbocycles. The van der Waals surface area contributed by atoms with Gasteiger partial charge in [-0.25, -0.2) is 0 Å². The molecule has 2 unspecified atom stereocenters. The van der Waals surface area contributed by atoms with Crippen molar-refractivity contribution in [3.63, 3.8) is 0 Å². The molecular weight excluding hydrogens is 278 g/mol. The quantitative estimate of drug-likeness (QED) is 0.735. The Kier molecular flexibility index (Phi) is 5.95. The average molecular weight is 301 g/mol. The fourth-order valence-corrected chi connectivity index (χ4v) is 2.31. The Morgan fingerprint density at radius 3 is 2.45 bits per heavy atom. The second-order valence-corrected chi connectivity index (χ2v) is 5.32. The largest absolute Gasteiger partial charge is 0.497 e. The summed E-state index contributed by atoms with van der Waals surface area (Å²) in [5, 5.41) is 22.7. The predicted octanol–water partition coefficient (Wildman–Crippen LogP) is 2.57. The van der Waals surface area contributed by atoms with Crippen LogP contribution in [0.15, 0.2) is 48.5 Å². The van der Waals surface area contributed by atoms with Crippen molar-refractivity contribution < 1.29 is 14.9 Å². The normalized spacial score (nSPS) is 13.6. The molecule has 2 aromatic rings. The molecule has 4 heteroatoms. The number of benzene rings is 2. The van der Waals surface area contributed by atoms with Gasteiger partial charge in [0.25, 0.3) is 0 Å². The summed E-state index contributed by atoms with van der Waals surface area (Å²) in [5.74, 6) is 0.776. The molecule has 0 aliphatic rings. The van der Waals surface area contributed by atoms with Gasteiger partial charge < -0.3 is 20.3 Å². The summed E-state index contributed by atoms with van der Waals surface area (Å²) < 4.78 is 5.11. The molecule has 0 bridgehead atoms. The highest BCUT2D eigenvalue weighted by atomic mass is 16.5. The van der Waals surface area contributed by atoms with Crippen LogP contribution < -0.4 is 10.1 Å². The third kappa shape index (κ3) is 4.31. The minimum atomic E-state index is -0.575. The van der Waals surface area contributed by atoms with E-state index in [0.29, 0.717) is 6.54 Å². The molecule has 2 atom stereocenters. The smallest absolute Gasteiger partial charge is 0.118 e. The molecule has 0 fully saturated rings. The van der Waals surface area contributed by atoms with Gasteiger partial charge in [0.15, 0.2) is 0 Å². The summed E-state index contributed by atoms with van der Waals surface area (Å²) >= 11 is 0. The number of nitrogens with one attached hydrogen (secondary N) is 1. The molecule has 2 rings (SSSR count). The number of hydrogen-bond donors (Lipinski definition) is 3. The Balaban J connectivity index is 1.92. The third-order valence-corrected chi connectivity index (χ3v) is 3.75. The van der Waals surface area contributed by atoms with Crippen LogP contribution in [0.4, 0.5) is 0 Å². The van der Waals surface area contributed by atoms with Gasteiger partial charge in [-0.15, -0.1) is 0 Å². The third-order valence-electron chi connectivity index (χ3n) is 3.75. The number of hydrogen-bond acceptors (Lipinski definition) is 4. The van der Waals surface area contributed by atoms with Crippen molar-refractivity contribution in [2.24, 2.45) is 0 Å². The zero-order chi connectivity index (χ0) is 15.9. The van der Waals surface area contributed by atoms with Crippen molar-refractivity contribution in [3.05, 3.63) is 65.2 Å². The maximum Gasteiger partial charge on any atom is 0.118 e. The molecule has 0 radical (unpaired) electrons. The lowest BCUT2D eigenvalue weighted by Gasteiger charge is -2.18. The molecular formula is C18H23NO3. The summed E-state index contributed by atoms with van der Waals surface area (Å²) in [6.07, 6.45) is -0.575. The van der Waals surface area contributed by atoms with E-state index in [1.54, 1.807) is 7.11 Å². The first-order valence-corrected chi connectivity index (χ1v) is 7.39. The van der Waals surface area contributed by atoms with Crippen molar-refractivity contribution in [2.75, 3.05) is 13.7 Å². The zero-order valence-electron chi connectivity index (χ0n) is 13.0. The van der Waals surface area contributed by atoms with Crippen molar-refractivity contribution >= 4 is 0 Å². The molecule has 22 heavy (non-hydrogen) atoms. The topological polar surface area (TPSA) is 61.7 Å². The van der Waals surface area contributed by atoms with Crippen LogP contribution in [0.3, 0.4) is 0 Å². The second-order valence-electron chi connectivity index (χ2n) is 5.32. The van der Waals surface area contributed by atoms with Gasteiger partial charge in [-0.2, -0.15) is 0 Å². The number of ether oxygens (including phenoxy) is 1. The first kappa shape index (κ1) is 16.5. The first-order valence-electron chi connectivity index (χ1n) is 7.39. The van der Waals surface area contributed by atoms with Crippen LogP contribution in [-0.4, -0.2) is 23.9 Å². The predicted molar refractivity (Wildman–Crippen MR) is 86.7 cm³/mol. The van der Waals surface area contributed by atoms with Gasteiger partial charge in [0, 0.05) is 12.6 Å². The van der Waals surface area contributed by atoms with Crippen molar-refractivity contribution in [1.82, 2.24) is 5.32 Å². The molecule has 0 spiro atoms. The van der Waals surface area contributed by atoms with Gasteiger partial charge in [0.2, 0.25) is 0 Å². The number of methoxy groups -OCH3 is 1. The van der Waals surface area contributed by atoms with E-state index in [4.69, 9.17) is 4.74 Å². The first-order chi connectivity index (χ1) is 10.6. The molecule has 0 amide bonds. The Labute approximate surface area is 131 Å². The SMILES string of the molecule is COc1ccc(C(O)CNC(C)c2cccc(CO)c2)cc1. The summed E-state index contributed by atoms with van der Waals surface area (Å²) in [7, 11) is 1.62. The van der Waals surface area contributed by atoms with Crippen molar-refractivity contribution in [2.45, 2.75) is 25.7 Å². The minimum absolute atomic E-state index is 0.0367. The molecule has 0 aliphatic heterocycles. The van der Waals surface area contributed by atoms with Crippen molar-refractivity contribution in [3.8, 4) is 5.75 Å². The van der Waals surface area contributed by atoms with Crippen LogP contribution >= 0.6 is 0 Å². The lowest BCUT2D eigenvalue weighted by Crippen LogP contribution is -2.24. The number of rotatable bonds is 7. The summed E-state index contributed by atoms with van der Waals surface area (Å²) in [6.45, 7) is 2.53. The molecule has 118 valence electrons. The van der Waals surface area contributed by atoms with Crippen LogP contribution in [0.25, 0.3) is 0 Å². The monoisotopic (exact) mass is 301 g/mol. The van der Waals surface area contributed by atoms with Gasteiger partial charge in [-0.3, -0.25) is 0 Å². The van der Waals surface area contributed by atoms with Crippen LogP contribution in [0, 0.1) is 0 Å². The highest BCUT2D eigenvalue weighted by Gasteiger charge is 2.11. The fourth-order valence-electron chi connectivity index (χ4n) is 2.31. The molecule has 0 heterocycles. The van der Waals surface area contributed by atoms with Crippen molar-refractivity contribution in [1.29, 1.82) is 0 Å². The van der Waals surface area contributed by atoms with Crippen LogP contribution in [-0.2, 0) is 6.61 Å². The van der Waals surface area contributed by atoms with E-state index in [9.17, 15) is 10.2 Å². The van der Waals surface area contributed by atoms with E-state index in [2.05, 4.69) is 5.32 Å². The van der Waals surface area contributed by atoms with E-state index >= 15 is 0 Å². The minimum Gasteiger partial charge on any atom is -0.497 e. The van der Waals surface area contributed by atoms with Gasteiger partial charge in [0.1, 0.15) is 5.75 Å². The van der Waals surface area contributed by atoms with E-state index in [1.807, 2.05) is 55.5 Å². The molecule has 0 aromatic heterocycles. The molecule has 0 saturated carbocycles. The molecule has 3 N–H and O–H groups in total. The standard InChI is InChI=1S/C18H23NO3/c1-13(16-5-3-4-14(10-16)12-20)19-11-18(21)15-6-8-17(22-2)9-7-15/h3-10,13,18-21H,11-12H2,1-2H3. The van der Waals surface area contributed by atoms with Crippen LogP contribution in [0.5, 0.6) is 5.75 Å². The fraction of sp³-hybridized carbons (Fsp3) is 0.333. The summed E-state index contributed by atoms with van der Waals surface area (Å²) in [5.41, 5.74) is 2.83. The van der Waals surface area contributed by atoms with Gasteiger partial charge in [-0.1, -0.05) is 36.4 Å². The Morgan fingerprint density at radius 2 is 1.82 bits per heavy atom. The van der Waals surface area contributed by atoms with E-state index in [-0.39, 0.29) is 12.6 Å². The van der Waals surface area contributed by atoms with Gasteiger partial charge in [0.05, 0.1) is 19.8 Å². The van der Waals surface area contributed by atoms with E-state index in [1.165, 1.54) is 0 Å². The maximum absolute atomic E-state index is 10.2. The number of aliphatic hydroxyl groups is 2. The van der Waals surface area contributed by atoms with Crippen LogP contribution in [0.2, 0.25) is 0 Å². The van der Waals surface area contributed by atoms with Gasteiger partial charge >= 0.3 is 0 Å². The number of aliphatic hydroxyl groups excluding tert-OH is 2. The zero-order valence-corrected chi connectivity index (χ0v) is 13.0. The Hall–Kier alpha value is -1.88. The second kappa shape index (κ2) is 7.94. The Bertz CT molecular complexity index is 583. The van der Waals surface area contributed by atoms with E-state index in [0.717, 1.165) is 22.4 Å².